The number of para-hydroxylation sites is 1. The van der Waals surface area contributed by atoms with E-state index in [1.807, 2.05) is 43.3 Å². The molecule has 0 saturated heterocycles. The third kappa shape index (κ3) is 3.45. The molecule has 4 rings (SSSR count). The maximum atomic E-state index is 13.2. The highest BCUT2D eigenvalue weighted by atomic mass is 16.5. The molecular formula is C23H21N3O3. The summed E-state index contributed by atoms with van der Waals surface area (Å²) in [6.07, 6.45) is 1.24. The monoisotopic (exact) mass is 387 g/mol. The highest BCUT2D eigenvalue weighted by Gasteiger charge is 2.38. The normalized spacial score (nSPS) is 15.2. The van der Waals surface area contributed by atoms with Crippen molar-refractivity contribution < 1.29 is 14.3 Å². The van der Waals surface area contributed by atoms with Gasteiger partial charge in [-0.2, -0.15) is 0 Å². The zero-order valence-corrected chi connectivity index (χ0v) is 16.3. The second-order valence-corrected chi connectivity index (χ2v) is 6.77. The fourth-order valence-electron chi connectivity index (χ4n) is 3.44. The maximum Gasteiger partial charge on any atom is 0.340 e. The van der Waals surface area contributed by atoms with Gasteiger partial charge in [0.05, 0.1) is 17.9 Å². The number of esters is 1. The Morgan fingerprint density at radius 3 is 2.62 bits per heavy atom. The van der Waals surface area contributed by atoms with Crippen LogP contribution in [0, 0.1) is 6.92 Å². The standard InChI is InChI=1S/C23H21N3O3/c1-3-29-23(28)18-10-6-7-11-19(18)25-21-16-8-4-5-9-17(16)22(27)26(21)20-13-12-15(2)14-24-20/h4-14,21,25H,3H2,1-2H3/t21-/m0/s1. The highest BCUT2D eigenvalue weighted by Crippen LogP contribution is 2.37. The summed E-state index contributed by atoms with van der Waals surface area (Å²) in [5, 5.41) is 3.36. The number of fused-ring (bicyclic) bond motifs is 1. The first kappa shape index (κ1) is 18.7. The molecule has 0 unspecified atom stereocenters. The van der Waals surface area contributed by atoms with Crippen molar-refractivity contribution >= 4 is 23.4 Å². The van der Waals surface area contributed by atoms with Crippen molar-refractivity contribution in [3.05, 3.63) is 89.1 Å². The lowest BCUT2D eigenvalue weighted by Crippen LogP contribution is -2.33. The molecule has 3 aromatic rings. The van der Waals surface area contributed by atoms with Gasteiger partial charge in [-0.15, -0.1) is 0 Å². The number of carbonyl (C=O) groups excluding carboxylic acids is 2. The van der Waals surface area contributed by atoms with Gasteiger partial charge in [0.1, 0.15) is 12.0 Å². The first-order chi connectivity index (χ1) is 14.1. The number of benzene rings is 2. The Morgan fingerprint density at radius 1 is 1.10 bits per heavy atom. The number of amides is 1. The van der Waals surface area contributed by atoms with E-state index >= 15 is 0 Å². The molecule has 1 aliphatic heterocycles. The molecular weight excluding hydrogens is 366 g/mol. The van der Waals surface area contributed by atoms with Gasteiger partial charge >= 0.3 is 5.97 Å². The molecule has 1 N–H and O–H groups in total. The molecule has 29 heavy (non-hydrogen) atoms. The molecule has 2 heterocycles. The number of nitrogens with one attached hydrogen (secondary N) is 1. The molecule has 0 bridgehead atoms. The third-order valence-electron chi connectivity index (χ3n) is 4.82. The molecule has 146 valence electrons. The summed E-state index contributed by atoms with van der Waals surface area (Å²) in [5.74, 6) is -0.000737. The van der Waals surface area contributed by atoms with Crippen LogP contribution in [0.1, 0.15) is 44.9 Å². The summed E-state index contributed by atoms with van der Waals surface area (Å²) in [6, 6.07) is 18.3. The number of aryl methyl sites for hydroxylation is 1. The lowest BCUT2D eigenvalue weighted by molar-refractivity contribution is 0.0527. The second-order valence-electron chi connectivity index (χ2n) is 6.77. The molecule has 0 aliphatic carbocycles. The van der Waals surface area contributed by atoms with E-state index in [0.717, 1.165) is 11.1 Å². The van der Waals surface area contributed by atoms with Crippen LogP contribution in [0.2, 0.25) is 0 Å². The van der Waals surface area contributed by atoms with Crippen LogP contribution in [0.25, 0.3) is 0 Å². The largest absolute Gasteiger partial charge is 0.462 e. The lowest BCUT2D eigenvalue weighted by atomic mass is 10.1. The van der Waals surface area contributed by atoms with Crippen molar-refractivity contribution in [2.45, 2.75) is 20.0 Å². The third-order valence-corrected chi connectivity index (χ3v) is 4.82. The number of anilines is 2. The molecule has 0 radical (unpaired) electrons. The zero-order valence-electron chi connectivity index (χ0n) is 16.3. The summed E-state index contributed by atoms with van der Waals surface area (Å²) in [6.45, 7) is 4.00. The van der Waals surface area contributed by atoms with Crippen molar-refractivity contribution in [2.75, 3.05) is 16.8 Å². The summed E-state index contributed by atoms with van der Waals surface area (Å²) in [5.41, 5.74) is 3.47. The minimum Gasteiger partial charge on any atom is -0.462 e. The van der Waals surface area contributed by atoms with Gasteiger partial charge < -0.3 is 10.1 Å². The van der Waals surface area contributed by atoms with E-state index in [1.165, 1.54) is 0 Å². The summed E-state index contributed by atoms with van der Waals surface area (Å²) in [7, 11) is 0. The SMILES string of the molecule is CCOC(=O)c1ccccc1N[C@@H]1c2ccccc2C(=O)N1c1ccc(C)cn1. The van der Waals surface area contributed by atoms with Crippen LogP contribution in [0.4, 0.5) is 11.5 Å². The first-order valence-corrected chi connectivity index (χ1v) is 9.48. The van der Waals surface area contributed by atoms with Gasteiger partial charge in [0, 0.05) is 17.3 Å². The van der Waals surface area contributed by atoms with Crippen molar-refractivity contribution in [3.63, 3.8) is 0 Å². The number of nitrogens with zero attached hydrogens (tertiary/aromatic N) is 2. The fourth-order valence-corrected chi connectivity index (χ4v) is 3.44. The minimum absolute atomic E-state index is 0.136. The predicted octanol–water partition coefficient (Wildman–Crippen LogP) is 4.34. The Hall–Kier alpha value is -3.67. The first-order valence-electron chi connectivity index (χ1n) is 9.48. The molecule has 6 nitrogen and oxygen atoms in total. The van der Waals surface area contributed by atoms with Gasteiger partial charge in [-0.05, 0) is 43.7 Å². The molecule has 0 fully saturated rings. The van der Waals surface area contributed by atoms with Gasteiger partial charge in [0.25, 0.3) is 5.91 Å². The number of hydrogen-bond acceptors (Lipinski definition) is 5. The van der Waals surface area contributed by atoms with Gasteiger partial charge in [0.2, 0.25) is 0 Å². The molecule has 1 atom stereocenters. The van der Waals surface area contributed by atoms with Gasteiger partial charge in [-0.1, -0.05) is 36.4 Å². The van der Waals surface area contributed by atoms with Crippen LogP contribution in [-0.2, 0) is 4.74 Å². The fraction of sp³-hybridized carbons (Fsp3) is 0.174. The maximum absolute atomic E-state index is 13.2. The van der Waals surface area contributed by atoms with E-state index in [9.17, 15) is 9.59 Å². The summed E-state index contributed by atoms with van der Waals surface area (Å²) >= 11 is 0. The Kier molecular flexibility index (Phi) is 4.99. The highest BCUT2D eigenvalue weighted by molar-refractivity contribution is 6.11. The molecule has 6 heteroatoms. The molecule has 0 saturated carbocycles. The Morgan fingerprint density at radius 2 is 1.86 bits per heavy atom. The molecule has 1 amide bonds. The summed E-state index contributed by atoms with van der Waals surface area (Å²) in [4.78, 5) is 31.6. The van der Waals surface area contributed by atoms with Gasteiger partial charge in [-0.25, -0.2) is 9.78 Å². The zero-order chi connectivity index (χ0) is 20.4. The van der Waals surface area contributed by atoms with E-state index in [2.05, 4.69) is 10.3 Å². The van der Waals surface area contributed by atoms with E-state index in [1.54, 1.807) is 42.3 Å². The Labute approximate surface area is 169 Å². The van der Waals surface area contributed by atoms with Gasteiger partial charge in [0.15, 0.2) is 0 Å². The Bertz CT molecular complexity index is 1060. The topological polar surface area (TPSA) is 71.5 Å². The van der Waals surface area contributed by atoms with Crippen molar-refractivity contribution in [2.24, 2.45) is 0 Å². The van der Waals surface area contributed by atoms with E-state index in [-0.39, 0.29) is 12.5 Å². The molecule has 1 aliphatic rings. The molecule has 2 aromatic carbocycles. The van der Waals surface area contributed by atoms with Crippen LogP contribution in [0.5, 0.6) is 0 Å². The van der Waals surface area contributed by atoms with Crippen LogP contribution >= 0.6 is 0 Å². The number of aromatic nitrogens is 1. The minimum atomic E-state index is -0.496. The number of pyridine rings is 1. The summed E-state index contributed by atoms with van der Waals surface area (Å²) < 4.78 is 5.18. The number of rotatable bonds is 5. The van der Waals surface area contributed by atoms with E-state index < -0.39 is 12.1 Å². The molecule has 1 aromatic heterocycles. The average Bonchev–Trinajstić information content (AvgIpc) is 3.01. The van der Waals surface area contributed by atoms with Crippen LogP contribution in [0.3, 0.4) is 0 Å². The predicted molar refractivity (Wildman–Crippen MR) is 111 cm³/mol. The van der Waals surface area contributed by atoms with Crippen molar-refractivity contribution in [3.8, 4) is 0 Å². The number of hydrogen-bond donors (Lipinski definition) is 1. The second kappa shape index (κ2) is 7.75. The van der Waals surface area contributed by atoms with E-state index in [4.69, 9.17) is 4.74 Å². The van der Waals surface area contributed by atoms with Gasteiger partial charge in [-0.3, -0.25) is 9.69 Å². The Balaban J connectivity index is 1.77. The lowest BCUT2D eigenvalue weighted by Gasteiger charge is -2.27. The van der Waals surface area contributed by atoms with Crippen molar-refractivity contribution in [1.82, 2.24) is 4.98 Å². The van der Waals surface area contributed by atoms with E-state index in [0.29, 0.717) is 22.6 Å². The average molecular weight is 387 g/mol. The quantitative estimate of drug-likeness (QED) is 0.660. The molecule has 0 spiro atoms. The van der Waals surface area contributed by atoms with Crippen molar-refractivity contribution in [1.29, 1.82) is 0 Å². The number of ether oxygens (including phenoxy) is 1. The smallest absolute Gasteiger partial charge is 0.340 e. The van der Waals surface area contributed by atoms with Crippen LogP contribution in [0.15, 0.2) is 66.9 Å². The van der Waals surface area contributed by atoms with Crippen LogP contribution in [-0.4, -0.2) is 23.5 Å². The number of carbonyl (C=O) groups is 2. The van der Waals surface area contributed by atoms with Crippen LogP contribution < -0.4 is 10.2 Å².